The van der Waals surface area contributed by atoms with Crippen LogP contribution in [0.5, 0.6) is 0 Å². The molecule has 5 rings (SSSR count). The number of alkyl carbamates (subject to hydrolysis) is 1. The molecule has 2 aromatic carbocycles. The van der Waals surface area contributed by atoms with Crippen LogP contribution in [0.4, 0.5) is 4.79 Å². The molecule has 2 aromatic rings. The first-order chi connectivity index (χ1) is 16.9. The van der Waals surface area contributed by atoms with E-state index in [0.29, 0.717) is 12.8 Å². The summed E-state index contributed by atoms with van der Waals surface area (Å²) in [6.45, 7) is -0.256. The molecule has 8 heteroatoms. The van der Waals surface area contributed by atoms with E-state index in [1.54, 1.807) is 0 Å². The van der Waals surface area contributed by atoms with Gasteiger partial charge >= 0.3 is 12.1 Å². The van der Waals surface area contributed by atoms with Crippen molar-refractivity contribution in [2.24, 2.45) is 5.92 Å². The normalized spacial score (nSPS) is 22.8. The number of aliphatic carboxylic acids is 1. The third-order valence-electron chi connectivity index (χ3n) is 7.59. The van der Waals surface area contributed by atoms with Gasteiger partial charge in [-0.3, -0.25) is 4.79 Å². The van der Waals surface area contributed by atoms with Crippen LogP contribution in [0.3, 0.4) is 0 Å². The monoisotopic (exact) mass is 478 g/mol. The van der Waals surface area contributed by atoms with Gasteiger partial charge in [0.05, 0.1) is 19.0 Å². The van der Waals surface area contributed by atoms with Crippen LogP contribution in [-0.2, 0) is 14.3 Å². The van der Waals surface area contributed by atoms with Crippen molar-refractivity contribution >= 4 is 18.0 Å². The van der Waals surface area contributed by atoms with Crippen molar-refractivity contribution < 1.29 is 29.3 Å². The van der Waals surface area contributed by atoms with Crippen molar-refractivity contribution in [3.63, 3.8) is 0 Å². The average Bonchev–Trinajstić information content (AvgIpc) is 2.96. The van der Waals surface area contributed by atoms with Crippen molar-refractivity contribution in [2.75, 3.05) is 19.7 Å². The molecule has 0 unspecified atom stereocenters. The Labute approximate surface area is 203 Å². The number of carboxylic acids is 1. The minimum absolute atomic E-state index is 0.0468. The maximum atomic E-state index is 13.1. The maximum Gasteiger partial charge on any atom is 0.407 e. The van der Waals surface area contributed by atoms with Crippen LogP contribution in [0.2, 0.25) is 0 Å². The molecule has 3 aliphatic rings. The van der Waals surface area contributed by atoms with Gasteiger partial charge in [0.15, 0.2) is 5.60 Å². The molecule has 8 nitrogen and oxygen atoms in total. The molecule has 184 valence electrons. The van der Waals surface area contributed by atoms with Gasteiger partial charge in [-0.1, -0.05) is 67.8 Å². The second kappa shape index (κ2) is 9.34. The SMILES string of the molecule is O=C(N[C@H]1CCCCC[C@H]1C(=O)N1CC(O)(C(=O)O)C1)OCC1c2ccccc2-c2ccccc21. The Morgan fingerprint density at radius 2 is 1.54 bits per heavy atom. The van der Waals surface area contributed by atoms with Gasteiger partial charge in [-0.25, -0.2) is 9.59 Å². The number of β-amino-alcohol motifs (C(OH)–C–C–N with tert-alkyl or cyclic N) is 1. The van der Waals surface area contributed by atoms with Crippen LogP contribution >= 0.6 is 0 Å². The van der Waals surface area contributed by atoms with Gasteiger partial charge in [0.1, 0.15) is 6.61 Å². The summed E-state index contributed by atoms with van der Waals surface area (Å²) < 4.78 is 5.68. The van der Waals surface area contributed by atoms with Gasteiger partial charge in [-0.2, -0.15) is 0 Å². The second-order valence-corrected chi connectivity index (χ2v) is 9.85. The van der Waals surface area contributed by atoms with Crippen LogP contribution < -0.4 is 5.32 Å². The van der Waals surface area contributed by atoms with Crippen molar-refractivity contribution in [2.45, 2.75) is 49.7 Å². The molecule has 2 amide bonds. The number of aliphatic hydroxyl groups is 1. The standard InChI is InChI=1S/C27H30N2O6/c30-24(29-15-27(34,16-29)25(31)32)21-12-2-1-3-13-23(21)28-26(33)35-14-22-19-10-6-4-8-17(19)18-9-5-7-11-20(18)22/h4-11,21-23,34H,1-3,12-16H2,(H,28,33)(H,31,32)/t21-,23+/m1/s1. The molecule has 1 saturated heterocycles. The van der Waals surface area contributed by atoms with Crippen molar-refractivity contribution in [3.05, 3.63) is 59.7 Å². The van der Waals surface area contributed by atoms with Gasteiger partial charge in [0.2, 0.25) is 5.91 Å². The van der Waals surface area contributed by atoms with Gasteiger partial charge in [-0.05, 0) is 35.1 Å². The lowest BCUT2D eigenvalue weighted by Gasteiger charge is -2.45. The molecule has 0 radical (unpaired) electrons. The predicted octanol–water partition coefficient (Wildman–Crippen LogP) is 3.13. The molecule has 0 spiro atoms. The number of carboxylic acid groups (broad SMARTS) is 1. The third-order valence-corrected chi connectivity index (χ3v) is 7.59. The number of rotatable bonds is 5. The summed E-state index contributed by atoms with van der Waals surface area (Å²) in [7, 11) is 0. The van der Waals surface area contributed by atoms with E-state index in [1.807, 2.05) is 24.3 Å². The summed E-state index contributed by atoms with van der Waals surface area (Å²) in [5.41, 5.74) is 2.70. The molecular weight excluding hydrogens is 448 g/mol. The lowest BCUT2D eigenvalue weighted by atomic mass is 9.88. The second-order valence-electron chi connectivity index (χ2n) is 9.85. The van der Waals surface area contributed by atoms with Crippen LogP contribution in [0.15, 0.2) is 48.5 Å². The van der Waals surface area contributed by atoms with Crippen LogP contribution in [-0.4, -0.2) is 64.4 Å². The molecule has 35 heavy (non-hydrogen) atoms. The average molecular weight is 479 g/mol. The number of nitrogens with one attached hydrogen (secondary N) is 1. The molecule has 1 aliphatic heterocycles. The number of benzene rings is 2. The van der Waals surface area contributed by atoms with Crippen LogP contribution in [0.25, 0.3) is 11.1 Å². The van der Waals surface area contributed by atoms with Crippen molar-refractivity contribution in [1.29, 1.82) is 0 Å². The molecule has 1 heterocycles. The smallest absolute Gasteiger partial charge is 0.407 e. The zero-order valence-electron chi connectivity index (χ0n) is 19.5. The molecular formula is C27H30N2O6. The Balaban J connectivity index is 1.23. The van der Waals surface area contributed by atoms with E-state index in [9.17, 15) is 19.5 Å². The highest BCUT2D eigenvalue weighted by molar-refractivity contribution is 5.87. The Kier molecular flexibility index (Phi) is 6.23. The quantitative estimate of drug-likeness (QED) is 0.569. The minimum atomic E-state index is -1.88. The molecule has 2 atom stereocenters. The van der Waals surface area contributed by atoms with Crippen molar-refractivity contribution in [1.82, 2.24) is 10.2 Å². The molecule has 0 aromatic heterocycles. The van der Waals surface area contributed by atoms with E-state index >= 15 is 0 Å². The number of carbonyl (C=O) groups is 3. The number of likely N-dealkylation sites (tertiary alicyclic amines) is 1. The number of ether oxygens (including phenoxy) is 1. The lowest BCUT2D eigenvalue weighted by Crippen LogP contribution is -2.69. The predicted molar refractivity (Wildman–Crippen MR) is 128 cm³/mol. The van der Waals surface area contributed by atoms with E-state index in [1.165, 1.54) is 4.90 Å². The highest BCUT2D eigenvalue weighted by Gasteiger charge is 2.51. The summed E-state index contributed by atoms with van der Waals surface area (Å²) >= 11 is 0. The molecule has 1 saturated carbocycles. The number of fused-ring (bicyclic) bond motifs is 3. The summed E-state index contributed by atoms with van der Waals surface area (Å²) in [6, 6.07) is 15.9. The fourth-order valence-corrected chi connectivity index (χ4v) is 5.68. The van der Waals surface area contributed by atoms with Gasteiger partial charge in [0, 0.05) is 12.0 Å². The maximum absolute atomic E-state index is 13.1. The first kappa shape index (κ1) is 23.4. The summed E-state index contributed by atoms with van der Waals surface area (Å²) in [5.74, 6) is -2.05. The topological polar surface area (TPSA) is 116 Å². The van der Waals surface area contributed by atoms with E-state index < -0.39 is 23.6 Å². The third kappa shape index (κ3) is 4.38. The van der Waals surface area contributed by atoms with E-state index in [2.05, 4.69) is 29.6 Å². The Morgan fingerprint density at radius 1 is 0.943 bits per heavy atom. The summed E-state index contributed by atoms with van der Waals surface area (Å²) in [5, 5.41) is 22.1. The molecule has 2 fully saturated rings. The highest BCUT2D eigenvalue weighted by Crippen LogP contribution is 2.44. The van der Waals surface area contributed by atoms with Crippen LogP contribution in [0, 0.1) is 5.92 Å². The van der Waals surface area contributed by atoms with Gasteiger partial charge in [-0.15, -0.1) is 0 Å². The Morgan fingerprint density at radius 3 is 2.17 bits per heavy atom. The Bertz CT molecular complexity index is 1100. The van der Waals surface area contributed by atoms with E-state index in [-0.39, 0.29) is 37.6 Å². The van der Waals surface area contributed by atoms with Crippen LogP contribution in [0.1, 0.15) is 49.1 Å². The number of carbonyl (C=O) groups excluding carboxylic acids is 2. The fraction of sp³-hybridized carbons (Fsp3) is 0.444. The first-order valence-corrected chi connectivity index (χ1v) is 12.2. The largest absolute Gasteiger partial charge is 0.479 e. The molecule has 0 bridgehead atoms. The van der Waals surface area contributed by atoms with E-state index in [4.69, 9.17) is 9.84 Å². The van der Waals surface area contributed by atoms with Gasteiger partial charge in [0.25, 0.3) is 0 Å². The number of amides is 2. The lowest BCUT2D eigenvalue weighted by molar-refractivity contribution is -0.183. The highest BCUT2D eigenvalue weighted by atomic mass is 16.5. The van der Waals surface area contributed by atoms with Gasteiger partial charge < -0.3 is 25.2 Å². The molecule has 2 aliphatic carbocycles. The zero-order chi connectivity index (χ0) is 24.6. The number of hydrogen-bond acceptors (Lipinski definition) is 5. The zero-order valence-corrected chi connectivity index (χ0v) is 19.5. The summed E-state index contributed by atoms with van der Waals surface area (Å²) in [6.07, 6.45) is 3.41. The Hall–Kier alpha value is -3.39. The van der Waals surface area contributed by atoms with E-state index in [0.717, 1.165) is 41.5 Å². The summed E-state index contributed by atoms with van der Waals surface area (Å²) in [4.78, 5) is 38.5. The number of nitrogens with zero attached hydrogens (tertiary/aromatic N) is 1. The number of hydrogen-bond donors (Lipinski definition) is 3. The first-order valence-electron chi connectivity index (χ1n) is 12.2. The minimum Gasteiger partial charge on any atom is -0.479 e. The van der Waals surface area contributed by atoms with Crippen molar-refractivity contribution in [3.8, 4) is 11.1 Å². The molecule has 3 N–H and O–H groups in total. The fourth-order valence-electron chi connectivity index (χ4n) is 5.68.